The molecule has 0 aromatic rings. The topological polar surface area (TPSA) is 53.0 Å². The first-order valence-electron chi connectivity index (χ1n) is 6.47. The van der Waals surface area contributed by atoms with Crippen LogP contribution in [0.5, 0.6) is 0 Å². The molecule has 2 saturated heterocycles. The molecule has 1 N–H and O–H groups in total. The lowest BCUT2D eigenvalue weighted by Crippen LogP contribution is -2.54. The standard InChI is InChI=1S/C12H22N2O3/c1-10(12(15)16)13-4-6-14(7-5-13)11-2-8-17-9-3-11/h10-11H,2-9H2,1H3,(H,15,16)/t10-/m0/s1. The average Bonchev–Trinajstić information content (AvgIpc) is 2.39. The van der Waals surface area contributed by atoms with Gasteiger partial charge in [-0.05, 0) is 19.8 Å². The number of rotatable bonds is 3. The van der Waals surface area contributed by atoms with Crippen LogP contribution in [-0.4, -0.2) is 72.4 Å². The first kappa shape index (κ1) is 12.8. The van der Waals surface area contributed by atoms with E-state index in [0.717, 1.165) is 52.2 Å². The van der Waals surface area contributed by atoms with E-state index in [9.17, 15) is 4.79 Å². The fraction of sp³-hybridized carbons (Fsp3) is 0.917. The van der Waals surface area contributed by atoms with Gasteiger partial charge >= 0.3 is 5.97 Å². The van der Waals surface area contributed by atoms with Gasteiger partial charge in [0.2, 0.25) is 0 Å². The van der Waals surface area contributed by atoms with Crippen LogP contribution in [0.25, 0.3) is 0 Å². The normalized spacial score (nSPS) is 26.9. The van der Waals surface area contributed by atoms with Crippen LogP contribution in [0, 0.1) is 0 Å². The van der Waals surface area contributed by atoms with Crippen molar-refractivity contribution in [2.75, 3.05) is 39.4 Å². The molecule has 98 valence electrons. The van der Waals surface area contributed by atoms with Crippen molar-refractivity contribution in [2.24, 2.45) is 0 Å². The summed E-state index contributed by atoms with van der Waals surface area (Å²) in [5.74, 6) is -0.718. The number of piperazine rings is 1. The molecule has 0 unspecified atom stereocenters. The van der Waals surface area contributed by atoms with E-state index in [2.05, 4.69) is 9.80 Å². The fourth-order valence-corrected chi connectivity index (χ4v) is 2.70. The largest absolute Gasteiger partial charge is 0.480 e. The molecule has 0 saturated carbocycles. The molecule has 0 aliphatic carbocycles. The van der Waals surface area contributed by atoms with Crippen molar-refractivity contribution < 1.29 is 14.6 Å². The van der Waals surface area contributed by atoms with Crippen LogP contribution in [0.15, 0.2) is 0 Å². The lowest BCUT2D eigenvalue weighted by Gasteiger charge is -2.41. The predicted molar refractivity (Wildman–Crippen MR) is 64.1 cm³/mol. The van der Waals surface area contributed by atoms with E-state index >= 15 is 0 Å². The van der Waals surface area contributed by atoms with Gasteiger partial charge in [0.15, 0.2) is 0 Å². The molecule has 17 heavy (non-hydrogen) atoms. The first-order valence-corrected chi connectivity index (χ1v) is 6.47. The number of carboxylic acids is 1. The van der Waals surface area contributed by atoms with E-state index in [-0.39, 0.29) is 6.04 Å². The summed E-state index contributed by atoms with van der Waals surface area (Å²) < 4.78 is 5.37. The number of hydrogen-bond acceptors (Lipinski definition) is 4. The molecule has 0 aromatic heterocycles. The van der Waals surface area contributed by atoms with E-state index in [1.165, 1.54) is 0 Å². The third-order valence-corrected chi connectivity index (χ3v) is 3.96. The summed E-state index contributed by atoms with van der Waals surface area (Å²) in [4.78, 5) is 15.5. The zero-order valence-corrected chi connectivity index (χ0v) is 10.5. The molecule has 0 radical (unpaired) electrons. The second kappa shape index (κ2) is 5.80. The van der Waals surface area contributed by atoms with Crippen LogP contribution >= 0.6 is 0 Å². The van der Waals surface area contributed by atoms with Gasteiger partial charge in [-0.2, -0.15) is 0 Å². The lowest BCUT2D eigenvalue weighted by atomic mass is 10.1. The highest BCUT2D eigenvalue weighted by Crippen LogP contribution is 2.17. The number of ether oxygens (including phenoxy) is 1. The highest BCUT2D eigenvalue weighted by Gasteiger charge is 2.29. The summed E-state index contributed by atoms with van der Waals surface area (Å²) in [6.07, 6.45) is 2.24. The third-order valence-electron chi connectivity index (χ3n) is 3.96. The van der Waals surface area contributed by atoms with Crippen LogP contribution in [0.3, 0.4) is 0 Å². The third kappa shape index (κ3) is 3.18. The van der Waals surface area contributed by atoms with Gasteiger partial charge in [-0.15, -0.1) is 0 Å². The Hall–Kier alpha value is -0.650. The van der Waals surface area contributed by atoms with Gasteiger partial charge in [-0.3, -0.25) is 14.6 Å². The van der Waals surface area contributed by atoms with Gasteiger partial charge in [0.25, 0.3) is 0 Å². The van der Waals surface area contributed by atoms with Crippen molar-refractivity contribution in [2.45, 2.75) is 31.8 Å². The van der Waals surface area contributed by atoms with Crippen molar-refractivity contribution in [3.63, 3.8) is 0 Å². The Kier molecular flexibility index (Phi) is 4.36. The van der Waals surface area contributed by atoms with Crippen LogP contribution in [-0.2, 0) is 9.53 Å². The Morgan fingerprint density at radius 1 is 1.24 bits per heavy atom. The number of hydrogen-bond donors (Lipinski definition) is 1. The fourth-order valence-electron chi connectivity index (χ4n) is 2.70. The van der Waals surface area contributed by atoms with Gasteiger partial charge in [0.1, 0.15) is 6.04 Å². The maximum atomic E-state index is 10.9. The Bertz CT molecular complexity index is 258. The quantitative estimate of drug-likeness (QED) is 0.769. The zero-order chi connectivity index (χ0) is 12.3. The summed E-state index contributed by atoms with van der Waals surface area (Å²) in [7, 11) is 0. The highest BCUT2D eigenvalue weighted by atomic mass is 16.5. The summed E-state index contributed by atoms with van der Waals surface area (Å²) in [5.41, 5.74) is 0. The van der Waals surface area contributed by atoms with Crippen LogP contribution in [0.1, 0.15) is 19.8 Å². The predicted octanol–water partition coefficient (Wildman–Crippen LogP) is 0.256. The van der Waals surface area contributed by atoms with Crippen molar-refractivity contribution in [3.05, 3.63) is 0 Å². The smallest absolute Gasteiger partial charge is 0.320 e. The van der Waals surface area contributed by atoms with Crippen molar-refractivity contribution in [1.29, 1.82) is 0 Å². The minimum Gasteiger partial charge on any atom is -0.480 e. The van der Waals surface area contributed by atoms with Gasteiger partial charge in [0.05, 0.1) is 0 Å². The van der Waals surface area contributed by atoms with E-state index < -0.39 is 5.97 Å². The zero-order valence-electron chi connectivity index (χ0n) is 10.5. The molecule has 2 heterocycles. The monoisotopic (exact) mass is 242 g/mol. The van der Waals surface area contributed by atoms with Crippen molar-refractivity contribution in [1.82, 2.24) is 9.80 Å². The molecule has 5 heteroatoms. The van der Waals surface area contributed by atoms with Gasteiger partial charge in [-0.25, -0.2) is 0 Å². The summed E-state index contributed by atoms with van der Waals surface area (Å²) >= 11 is 0. The highest BCUT2D eigenvalue weighted by molar-refractivity contribution is 5.72. The Balaban J connectivity index is 1.79. The number of carbonyl (C=O) groups is 1. The maximum absolute atomic E-state index is 10.9. The molecule has 1 atom stereocenters. The number of carboxylic acid groups (broad SMARTS) is 1. The Morgan fingerprint density at radius 2 is 1.82 bits per heavy atom. The van der Waals surface area contributed by atoms with Crippen LogP contribution < -0.4 is 0 Å². The molecule has 2 aliphatic heterocycles. The van der Waals surface area contributed by atoms with Gasteiger partial charge < -0.3 is 9.84 Å². The molecular weight excluding hydrogens is 220 g/mol. The number of nitrogens with zero attached hydrogens (tertiary/aromatic N) is 2. The Labute approximate surface area is 102 Å². The first-order chi connectivity index (χ1) is 8.18. The molecule has 5 nitrogen and oxygen atoms in total. The molecule has 2 rings (SSSR count). The average molecular weight is 242 g/mol. The van der Waals surface area contributed by atoms with Gasteiger partial charge in [-0.1, -0.05) is 0 Å². The molecule has 0 amide bonds. The van der Waals surface area contributed by atoms with E-state index in [0.29, 0.717) is 6.04 Å². The second-order valence-corrected chi connectivity index (χ2v) is 4.93. The summed E-state index contributed by atoms with van der Waals surface area (Å²) in [6.45, 7) is 7.22. The number of aliphatic carboxylic acids is 1. The molecule has 2 aliphatic rings. The van der Waals surface area contributed by atoms with Crippen molar-refractivity contribution in [3.8, 4) is 0 Å². The lowest BCUT2D eigenvalue weighted by molar-refractivity contribution is -0.143. The molecule has 0 aromatic carbocycles. The summed E-state index contributed by atoms with van der Waals surface area (Å²) in [6, 6.07) is 0.290. The van der Waals surface area contributed by atoms with Gasteiger partial charge in [0, 0.05) is 45.4 Å². The maximum Gasteiger partial charge on any atom is 0.320 e. The minimum absolute atomic E-state index is 0.355. The van der Waals surface area contributed by atoms with E-state index in [1.54, 1.807) is 6.92 Å². The molecular formula is C12H22N2O3. The molecule has 0 spiro atoms. The second-order valence-electron chi connectivity index (χ2n) is 4.93. The van der Waals surface area contributed by atoms with E-state index in [1.807, 2.05) is 0 Å². The SMILES string of the molecule is C[C@@H](C(=O)O)N1CCN(C2CCOCC2)CC1. The van der Waals surface area contributed by atoms with Crippen LogP contribution in [0.2, 0.25) is 0 Å². The molecule has 2 fully saturated rings. The minimum atomic E-state index is -0.718. The summed E-state index contributed by atoms with van der Waals surface area (Å²) in [5, 5.41) is 8.98. The van der Waals surface area contributed by atoms with Crippen molar-refractivity contribution >= 4 is 5.97 Å². The Morgan fingerprint density at radius 3 is 2.35 bits per heavy atom. The van der Waals surface area contributed by atoms with E-state index in [4.69, 9.17) is 9.84 Å². The van der Waals surface area contributed by atoms with Crippen LogP contribution in [0.4, 0.5) is 0 Å². The molecule has 0 bridgehead atoms.